The van der Waals surface area contributed by atoms with E-state index in [1.54, 1.807) is 0 Å². The van der Waals surface area contributed by atoms with Crippen molar-refractivity contribution >= 4 is 28.0 Å². The quantitative estimate of drug-likeness (QED) is 0.869. The Bertz CT molecular complexity index is 464. The highest BCUT2D eigenvalue weighted by Crippen LogP contribution is 2.26. The molecule has 1 aromatic rings. The fourth-order valence-electron chi connectivity index (χ4n) is 1.70. The zero-order valence-electron chi connectivity index (χ0n) is 9.64. The highest BCUT2D eigenvalue weighted by Gasteiger charge is 2.18. The molecule has 1 fully saturated rings. The van der Waals surface area contributed by atoms with Crippen LogP contribution in [0.3, 0.4) is 0 Å². The summed E-state index contributed by atoms with van der Waals surface area (Å²) >= 11 is 3.35. The number of benzene rings is 1. The largest absolute Gasteiger partial charge is 0.487 e. The van der Waals surface area contributed by atoms with Crippen molar-refractivity contribution in [3.05, 3.63) is 34.3 Å². The van der Waals surface area contributed by atoms with Crippen LogP contribution in [0.25, 0.3) is 6.08 Å². The van der Waals surface area contributed by atoms with Crippen LogP contribution in [0.5, 0.6) is 5.75 Å². The standard InChI is InChI=1S/C13H13BrO4/c14-10-2-3-12(18-11-5-6-17-8-11)9(7-10)1-4-13(15)16/h1-4,7,11H,5-6,8H2,(H,15,16). The lowest BCUT2D eigenvalue weighted by Crippen LogP contribution is -2.16. The van der Waals surface area contributed by atoms with Crippen LogP contribution < -0.4 is 4.74 Å². The second-order valence-corrected chi connectivity index (χ2v) is 4.87. The summed E-state index contributed by atoms with van der Waals surface area (Å²) in [4.78, 5) is 10.6. The molecular formula is C13H13BrO4. The van der Waals surface area contributed by atoms with Crippen LogP contribution >= 0.6 is 15.9 Å². The average Bonchev–Trinajstić information content (AvgIpc) is 2.82. The molecule has 1 aliphatic rings. The maximum Gasteiger partial charge on any atom is 0.328 e. The molecule has 5 heteroatoms. The molecule has 0 radical (unpaired) electrons. The minimum Gasteiger partial charge on any atom is -0.487 e. The number of hydrogen-bond donors (Lipinski definition) is 1. The van der Waals surface area contributed by atoms with E-state index in [0.717, 1.165) is 22.5 Å². The molecule has 0 saturated carbocycles. The number of carbonyl (C=O) groups is 1. The third kappa shape index (κ3) is 3.58. The number of ether oxygens (including phenoxy) is 2. The molecule has 0 aliphatic carbocycles. The summed E-state index contributed by atoms with van der Waals surface area (Å²) in [7, 11) is 0. The number of carboxylic acid groups (broad SMARTS) is 1. The van der Waals surface area contributed by atoms with Gasteiger partial charge in [-0.05, 0) is 24.3 Å². The summed E-state index contributed by atoms with van der Waals surface area (Å²) < 4.78 is 11.9. The summed E-state index contributed by atoms with van der Waals surface area (Å²) in [5.41, 5.74) is 0.735. The molecule has 1 heterocycles. The Labute approximate surface area is 113 Å². The number of halogens is 1. The number of carboxylic acids is 1. The summed E-state index contributed by atoms with van der Waals surface area (Å²) in [6.07, 6.45) is 3.53. The Kier molecular flexibility index (Phi) is 4.38. The van der Waals surface area contributed by atoms with Crippen molar-refractivity contribution in [3.8, 4) is 5.75 Å². The second-order valence-electron chi connectivity index (χ2n) is 3.96. The molecule has 1 aliphatic heterocycles. The van der Waals surface area contributed by atoms with E-state index in [1.165, 1.54) is 6.08 Å². The van der Waals surface area contributed by atoms with Crippen molar-refractivity contribution < 1.29 is 19.4 Å². The van der Waals surface area contributed by atoms with Crippen molar-refractivity contribution in [1.29, 1.82) is 0 Å². The lowest BCUT2D eigenvalue weighted by atomic mass is 10.2. The molecule has 1 aromatic carbocycles. The average molecular weight is 313 g/mol. The molecule has 96 valence electrons. The van der Waals surface area contributed by atoms with Gasteiger partial charge in [0.05, 0.1) is 13.2 Å². The Morgan fingerprint density at radius 3 is 3.06 bits per heavy atom. The predicted octanol–water partition coefficient (Wildman–Crippen LogP) is 2.71. The third-order valence-electron chi connectivity index (χ3n) is 2.56. The van der Waals surface area contributed by atoms with E-state index in [0.29, 0.717) is 19.0 Å². The third-order valence-corrected chi connectivity index (χ3v) is 3.05. The maximum absolute atomic E-state index is 10.6. The van der Waals surface area contributed by atoms with E-state index in [-0.39, 0.29) is 6.10 Å². The molecule has 0 amide bonds. The lowest BCUT2D eigenvalue weighted by Gasteiger charge is -2.14. The number of rotatable bonds is 4. The second kappa shape index (κ2) is 6.02. The first-order valence-corrected chi connectivity index (χ1v) is 6.39. The molecule has 1 atom stereocenters. The predicted molar refractivity (Wildman–Crippen MR) is 70.7 cm³/mol. The van der Waals surface area contributed by atoms with Crippen molar-refractivity contribution in [1.82, 2.24) is 0 Å². The van der Waals surface area contributed by atoms with E-state index < -0.39 is 5.97 Å². The van der Waals surface area contributed by atoms with E-state index in [1.807, 2.05) is 18.2 Å². The molecular weight excluding hydrogens is 300 g/mol. The van der Waals surface area contributed by atoms with Crippen molar-refractivity contribution in [2.45, 2.75) is 12.5 Å². The Morgan fingerprint density at radius 1 is 1.56 bits per heavy atom. The van der Waals surface area contributed by atoms with Gasteiger partial charge in [-0.2, -0.15) is 0 Å². The normalized spacial score (nSPS) is 19.3. The molecule has 0 aromatic heterocycles. The number of hydrogen-bond acceptors (Lipinski definition) is 3. The molecule has 1 saturated heterocycles. The Balaban J connectivity index is 2.19. The van der Waals surface area contributed by atoms with Gasteiger partial charge in [-0.1, -0.05) is 15.9 Å². The van der Waals surface area contributed by atoms with Crippen LogP contribution in [0, 0.1) is 0 Å². The summed E-state index contributed by atoms with van der Waals surface area (Å²) in [6, 6.07) is 5.51. The zero-order chi connectivity index (χ0) is 13.0. The first-order chi connectivity index (χ1) is 8.65. The fraction of sp³-hybridized carbons (Fsp3) is 0.308. The van der Waals surface area contributed by atoms with Crippen LogP contribution in [-0.2, 0) is 9.53 Å². The fourth-order valence-corrected chi connectivity index (χ4v) is 2.08. The van der Waals surface area contributed by atoms with E-state index in [2.05, 4.69) is 15.9 Å². The van der Waals surface area contributed by atoms with Gasteiger partial charge >= 0.3 is 5.97 Å². The molecule has 1 unspecified atom stereocenters. The first kappa shape index (κ1) is 13.1. The Morgan fingerprint density at radius 2 is 2.39 bits per heavy atom. The highest BCUT2D eigenvalue weighted by molar-refractivity contribution is 9.10. The molecule has 4 nitrogen and oxygen atoms in total. The van der Waals surface area contributed by atoms with Gasteiger partial charge in [0, 0.05) is 22.5 Å². The van der Waals surface area contributed by atoms with E-state index in [4.69, 9.17) is 14.6 Å². The van der Waals surface area contributed by atoms with Crippen LogP contribution in [-0.4, -0.2) is 30.4 Å². The molecule has 0 spiro atoms. The SMILES string of the molecule is O=C(O)C=Cc1cc(Br)ccc1OC1CCOC1. The summed E-state index contributed by atoms with van der Waals surface area (Å²) in [5, 5.41) is 8.66. The molecule has 18 heavy (non-hydrogen) atoms. The summed E-state index contributed by atoms with van der Waals surface area (Å²) in [6.45, 7) is 1.29. The van der Waals surface area contributed by atoms with Gasteiger partial charge in [0.25, 0.3) is 0 Å². The van der Waals surface area contributed by atoms with Crippen LogP contribution in [0.1, 0.15) is 12.0 Å². The van der Waals surface area contributed by atoms with Crippen molar-refractivity contribution in [3.63, 3.8) is 0 Å². The molecule has 1 N–H and O–H groups in total. The van der Waals surface area contributed by atoms with Crippen LogP contribution in [0.15, 0.2) is 28.7 Å². The van der Waals surface area contributed by atoms with Gasteiger partial charge in [0.2, 0.25) is 0 Å². The van der Waals surface area contributed by atoms with Gasteiger partial charge in [-0.25, -0.2) is 4.79 Å². The minimum absolute atomic E-state index is 0.0446. The van der Waals surface area contributed by atoms with Gasteiger partial charge in [0.15, 0.2) is 0 Å². The van der Waals surface area contributed by atoms with E-state index in [9.17, 15) is 4.79 Å². The van der Waals surface area contributed by atoms with Gasteiger partial charge < -0.3 is 14.6 Å². The lowest BCUT2D eigenvalue weighted by molar-refractivity contribution is -0.131. The zero-order valence-corrected chi connectivity index (χ0v) is 11.2. The summed E-state index contributed by atoms with van der Waals surface area (Å²) in [5.74, 6) is -0.309. The van der Waals surface area contributed by atoms with Gasteiger partial charge in [-0.3, -0.25) is 0 Å². The topological polar surface area (TPSA) is 55.8 Å². The monoisotopic (exact) mass is 312 g/mol. The highest BCUT2D eigenvalue weighted by atomic mass is 79.9. The molecule has 0 bridgehead atoms. The van der Waals surface area contributed by atoms with Crippen molar-refractivity contribution in [2.75, 3.05) is 13.2 Å². The van der Waals surface area contributed by atoms with Crippen molar-refractivity contribution in [2.24, 2.45) is 0 Å². The maximum atomic E-state index is 10.6. The first-order valence-electron chi connectivity index (χ1n) is 5.60. The van der Waals surface area contributed by atoms with E-state index >= 15 is 0 Å². The minimum atomic E-state index is -0.981. The number of aliphatic carboxylic acids is 1. The van der Waals surface area contributed by atoms with Crippen LogP contribution in [0.4, 0.5) is 0 Å². The Hall–Kier alpha value is -1.33. The van der Waals surface area contributed by atoms with Gasteiger partial charge in [-0.15, -0.1) is 0 Å². The van der Waals surface area contributed by atoms with Crippen LogP contribution in [0.2, 0.25) is 0 Å². The smallest absolute Gasteiger partial charge is 0.328 e. The van der Waals surface area contributed by atoms with Gasteiger partial charge in [0.1, 0.15) is 11.9 Å². The molecule has 2 rings (SSSR count).